The molecule has 2 N–H and O–H groups in total. The van der Waals surface area contributed by atoms with Crippen LogP contribution in [0, 0.1) is 6.92 Å². The van der Waals surface area contributed by atoms with E-state index in [4.69, 9.17) is 10.5 Å². The Bertz CT molecular complexity index is 638. The van der Waals surface area contributed by atoms with Crippen molar-refractivity contribution in [2.75, 3.05) is 7.11 Å². The quantitative estimate of drug-likeness (QED) is 0.926. The number of nitrogens with two attached hydrogens (primary N) is 1. The summed E-state index contributed by atoms with van der Waals surface area (Å²) in [5.41, 5.74) is 7.41. The average molecular weight is 295 g/mol. The first kappa shape index (κ1) is 15.4. The third-order valence-corrected chi connectivity index (χ3v) is 3.41. The Kier molecular flexibility index (Phi) is 4.23. The number of ether oxygens (including phenoxy) is 1. The first-order valence-corrected chi connectivity index (χ1v) is 6.41. The molecule has 0 saturated carbocycles. The molecule has 0 spiro atoms. The molecule has 0 aliphatic rings. The van der Waals surface area contributed by atoms with Crippen molar-refractivity contribution in [3.05, 3.63) is 64.7 Å². The van der Waals surface area contributed by atoms with E-state index < -0.39 is 17.8 Å². The summed E-state index contributed by atoms with van der Waals surface area (Å²) in [6.07, 6.45) is -4.35. The summed E-state index contributed by atoms with van der Waals surface area (Å²) in [4.78, 5) is 0. The van der Waals surface area contributed by atoms with Crippen molar-refractivity contribution in [2.45, 2.75) is 19.1 Å². The van der Waals surface area contributed by atoms with E-state index in [1.807, 2.05) is 12.1 Å². The first-order valence-electron chi connectivity index (χ1n) is 6.41. The highest BCUT2D eigenvalue weighted by molar-refractivity contribution is 5.44. The lowest BCUT2D eigenvalue weighted by atomic mass is 9.93. The third-order valence-electron chi connectivity index (χ3n) is 3.41. The van der Waals surface area contributed by atoms with E-state index in [9.17, 15) is 13.2 Å². The number of rotatable bonds is 3. The molecular formula is C16H16F3NO. The molecule has 0 aromatic heterocycles. The van der Waals surface area contributed by atoms with Crippen molar-refractivity contribution in [3.8, 4) is 5.75 Å². The standard InChI is InChI=1S/C16H16F3NO/c1-10-9-11(16(17,18)19)7-8-12(10)15(20)13-5-3-4-6-14(13)21-2/h3-9,15H,20H2,1-2H3. The van der Waals surface area contributed by atoms with Gasteiger partial charge in [-0.2, -0.15) is 13.2 Å². The summed E-state index contributed by atoms with van der Waals surface area (Å²) in [7, 11) is 1.53. The highest BCUT2D eigenvalue weighted by Gasteiger charge is 2.31. The minimum absolute atomic E-state index is 0.503. The highest BCUT2D eigenvalue weighted by atomic mass is 19.4. The second kappa shape index (κ2) is 5.77. The van der Waals surface area contributed by atoms with Gasteiger partial charge in [-0.3, -0.25) is 0 Å². The van der Waals surface area contributed by atoms with Gasteiger partial charge in [-0.1, -0.05) is 24.3 Å². The van der Waals surface area contributed by atoms with Crippen LogP contribution in [0.3, 0.4) is 0 Å². The van der Waals surface area contributed by atoms with Gasteiger partial charge < -0.3 is 10.5 Å². The number of benzene rings is 2. The molecule has 1 unspecified atom stereocenters. The average Bonchev–Trinajstić information content (AvgIpc) is 2.45. The molecule has 0 bridgehead atoms. The Morgan fingerprint density at radius 3 is 2.29 bits per heavy atom. The van der Waals surface area contributed by atoms with Gasteiger partial charge in [0.05, 0.1) is 18.7 Å². The van der Waals surface area contributed by atoms with Crippen LogP contribution < -0.4 is 10.5 Å². The van der Waals surface area contributed by atoms with Gasteiger partial charge >= 0.3 is 6.18 Å². The molecule has 0 heterocycles. The van der Waals surface area contributed by atoms with Gasteiger partial charge in [0.25, 0.3) is 0 Å². The topological polar surface area (TPSA) is 35.2 Å². The predicted octanol–water partition coefficient (Wildman–Crippen LogP) is 4.07. The third kappa shape index (κ3) is 3.19. The van der Waals surface area contributed by atoms with Gasteiger partial charge in [0.1, 0.15) is 5.75 Å². The van der Waals surface area contributed by atoms with Crippen LogP contribution in [0.2, 0.25) is 0 Å². The van der Waals surface area contributed by atoms with Crippen LogP contribution in [0.25, 0.3) is 0 Å². The molecule has 21 heavy (non-hydrogen) atoms. The second-order valence-corrected chi connectivity index (χ2v) is 4.79. The fourth-order valence-electron chi connectivity index (χ4n) is 2.29. The van der Waals surface area contributed by atoms with Crippen LogP contribution in [0.1, 0.15) is 28.3 Å². The zero-order chi connectivity index (χ0) is 15.6. The van der Waals surface area contributed by atoms with Gasteiger partial charge in [0.2, 0.25) is 0 Å². The van der Waals surface area contributed by atoms with Crippen molar-refractivity contribution >= 4 is 0 Å². The Morgan fingerprint density at radius 2 is 1.71 bits per heavy atom. The zero-order valence-corrected chi connectivity index (χ0v) is 11.7. The van der Waals surface area contributed by atoms with E-state index in [0.717, 1.165) is 17.7 Å². The minimum atomic E-state index is -4.35. The largest absolute Gasteiger partial charge is 0.496 e. The maximum atomic E-state index is 12.7. The van der Waals surface area contributed by atoms with Crippen molar-refractivity contribution in [3.63, 3.8) is 0 Å². The van der Waals surface area contributed by atoms with Crippen LogP contribution >= 0.6 is 0 Å². The Morgan fingerprint density at radius 1 is 1.05 bits per heavy atom. The van der Waals surface area contributed by atoms with E-state index in [2.05, 4.69) is 0 Å². The molecule has 1 atom stereocenters. The van der Waals surface area contributed by atoms with Gasteiger partial charge in [-0.15, -0.1) is 0 Å². The lowest BCUT2D eigenvalue weighted by Gasteiger charge is -2.19. The molecule has 0 aliphatic heterocycles. The summed E-state index contributed by atoms with van der Waals surface area (Å²) in [5.74, 6) is 0.615. The summed E-state index contributed by atoms with van der Waals surface area (Å²) in [6.45, 7) is 1.62. The lowest BCUT2D eigenvalue weighted by Crippen LogP contribution is -2.15. The fourth-order valence-corrected chi connectivity index (χ4v) is 2.29. The molecule has 0 fully saturated rings. The number of alkyl halides is 3. The van der Waals surface area contributed by atoms with Crippen LogP contribution in [0.4, 0.5) is 13.2 Å². The summed E-state index contributed by atoms with van der Waals surface area (Å²) >= 11 is 0. The molecule has 112 valence electrons. The van der Waals surface area contributed by atoms with E-state index >= 15 is 0 Å². The van der Waals surface area contributed by atoms with Gasteiger partial charge in [0.15, 0.2) is 0 Å². The number of hydrogen-bond acceptors (Lipinski definition) is 2. The number of halogens is 3. The van der Waals surface area contributed by atoms with Gasteiger partial charge in [-0.25, -0.2) is 0 Å². The summed E-state index contributed by atoms with van der Waals surface area (Å²) in [5, 5.41) is 0. The number of methoxy groups -OCH3 is 1. The monoisotopic (exact) mass is 295 g/mol. The normalized spacial score (nSPS) is 13.0. The van der Waals surface area contributed by atoms with Crippen LogP contribution in [-0.4, -0.2) is 7.11 Å². The molecule has 2 nitrogen and oxygen atoms in total. The Hall–Kier alpha value is -2.01. The Labute approximate surface area is 121 Å². The van der Waals surface area contributed by atoms with Crippen LogP contribution in [-0.2, 0) is 6.18 Å². The number of aryl methyl sites for hydroxylation is 1. The molecular weight excluding hydrogens is 279 g/mol. The smallest absolute Gasteiger partial charge is 0.416 e. The zero-order valence-electron chi connectivity index (χ0n) is 11.7. The SMILES string of the molecule is COc1ccccc1C(N)c1ccc(C(F)(F)F)cc1C. The molecule has 0 amide bonds. The van der Waals surface area contributed by atoms with Crippen molar-refractivity contribution in [2.24, 2.45) is 5.73 Å². The molecule has 0 aliphatic carbocycles. The molecule has 2 aromatic carbocycles. The van der Waals surface area contributed by atoms with E-state index in [-0.39, 0.29) is 0 Å². The van der Waals surface area contributed by atoms with Crippen LogP contribution in [0.5, 0.6) is 5.75 Å². The number of para-hydroxylation sites is 1. The van der Waals surface area contributed by atoms with Crippen molar-refractivity contribution in [1.82, 2.24) is 0 Å². The molecule has 0 saturated heterocycles. The van der Waals surface area contributed by atoms with Crippen LogP contribution in [0.15, 0.2) is 42.5 Å². The van der Waals surface area contributed by atoms with E-state index in [1.54, 1.807) is 19.1 Å². The van der Waals surface area contributed by atoms with E-state index in [1.165, 1.54) is 13.2 Å². The molecule has 5 heteroatoms. The maximum absolute atomic E-state index is 12.7. The molecule has 2 rings (SSSR count). The highest BCUT2D eigenvalue weighted by Crippen LogP contribution is 2.34. The van der Waals surface area contributed by atoms with Gasteiger partial charge in [-0.05, 0) is 36.2 Å². The molecule has 2 aromatic rings. The van der Waals surface area contributed by atoms with Crippen molar-refractivity contribution in [1.29, 1.82) is 0 Å². The maximum Gasteiger partial charge on any atom is 0.416 e. The summed E-state index contributed by atoms with van der Waals surface area (Å²) < 4.78 is 43.3. The molecule has 0 radical (unpaired) electrons. The lowest BCUT2D eigenvalue weighted by molar-refractivity contribution is -0.137. The summed E-state index contributed by atoms with van der Waals surface area (Å²) in [6, 6.07) is 10.3. The Balaban J connectivity index is 2.42. The van der Waals surface area contributed by atoms with Gasteiger partial charge in [0, 0.05) is 5.56 Å². The second-order valence-electron chi connectivity index (χ2n) is 4.79. The predicted molar refractivity (Wildman–Crippen MR) is 75.2 cm³/mol. The van der Waals surface area contributed by atoms with E-state index in [0.29, 0.717) is 16.9 Å². The first-order chi connectivity index (χ1) is 9.84. The number of hydrogen-bond donors (Lipinski definition) is 1. The fraction of sp³-hybridized carbons (Fsp3) is 0.250. The minimum Gasteiger partial charge on any atom is -0.496 e. The van der Waals surface area contributed by atoms with Crippen molar-refractivity contribution < 1.29 is 17.9 Å².